The van der Waals surface area contributed by atoms with Crippen molar-refractivity contribution >= 4 is 17.9 Å². The number of rotatable bonds is 62. The molecule has 0 saturated carbocycles. The highest BCUT2D eigenvalue weighted by molar-refractivity contribution is 5.71. The number of ether oxygens (including phenoxy) is 3. The lowest BCUT2D eigenvalue weighted by atomic mass is 10.0. The van der Waals surface area contributed by atoms with Gasteiger partial charge in [-0.1, -0.05) is 315 Å². The minimum absolute atomic E-state index is 0.0842. The summed E-state index contributed by atoms with van der Waals surface area (Å²) in [4.78, 5) is 38.4. The monoisotopic (exact) mass is 1150 g/mol. The van der Waals surface area contributed by atoms with Crippen LogP contribution in [-0.4, -0.2) is 37.2 Å². The van der Waals surface area contributed by atoms with Crippen molar-refractivity contribution in [3.05, 3.63) is 134 Å². The molecule has 0 aliphatic carbocycles. The van der Waals surface area contributed by atoms with Gasteiger partial charge in [-0.3, -0.25) is 14.4 Å². The van der Waals surface area contributed by atoms with E-state index in [9.17, 15) is 14.4 Å². The van der Waals surface area contributed by atoms with Gasteiger partial charge in [-0.05, 0) is 116 Å². The second kappa shape index (κ2) is 70.0. The Morgan fingerprint density at radius 3 is 0.735 bits per heavy atom. The molecule has 0 rings (SSSR count). The Balaban J connectivity index is 4.28. The van der Waals surface area contributed by atoms with Crippen molar-refractivity contribution in [2.45, 2.75) is 322 Å². The van der Waals surface area contributed by atoms with Gasteiger partial charge >= 0.3 is 17.9 Å². The van der Waals surface area contributed by atoms with E-state index in [1.165, 1.54) is 135 Å². The van der Waals surface area contributed by atoms with E-state index in [1.54, 1.807) is 0 Å². The molecule has 1 unspecified atom stereocenters. The third-order valence-corrected chi connectivity index (χ3v) is 14.7. The summed E-state index contributed by atoms with van der Waals surface area (Å²) in [7, 11) is 0. The van der Waals surface area contributed by atoms with Gasteiger partial charge in [-0.15, -0.1) is 0 Å². The fourth-order valence-electron chi connectivity index (χ4n) is 9.53. The lowest BCUT2D eigenvalue weighted by Crippen LogP contribution is -2.30. The fraction of sp³-hybridized carbons (Fsp3) is 0.675. The van der Waals surface area contributed by atoms with Crippen LogP contribution in [0.15, 0.2) is 134 Å². The molecule has 0 heterocycles. The maximum Gasteiger partial charge on any atom is 0.306 e. The van der Waals surface area contributed by atoms with Crippen LogP contribution in [0.3, 0.4) is 0 Å². The van der Waals surface area contributed by atoms with Crippen LogP contribution >= 0.6 is 0 Å². The zero-order valence-corrected chi connectivity index (χ0v) is 54.2. The van der Waals surface area contributed by atoms with E-state index in [0.717, 1.165) is 141 Å². The highest BCUT2D eigenvalue weighted by Gasteiger charge is 2.19. The van der Waals surface area contributed by atoms with Crippen molar-refractivity contribution in [3.63, 3.8) is 0 Å². The van der Waals surface area contributed by atoms with Crippen LogP contribution in [0.4, 0.5) is 0 Å². The van der Waals surface area contributed by atoms with Crippen molar-refractivity contribution in [2.75, 3.05) is 13.2 Å². The van der Waals surface area contributed by atoms with Crippen LogP contribution in [0.2, 0.25) is 0 Å². The Labute approximate surface area is 513 Å². The molecular weight excluding hydrogens is 1020 g/mol. The smallest absolute Gasteiger partial charge is 0.306 e. The number of hydrogen-bond acceptors (Lipinski definition) is 6. The molecule has 0 aromatic carbocycles. The molecule has 0 aliphatic heterocycles. The van der Waals surface area contributed by atoms with Gasteiger partial charge in [0.2, 0.25) is 0 Å². The molecule has 0 spiro atoms. The second-order valence-corrected chi connectivity index (χ2v) is 22.7. The Morgan fingerprint density at radius 2 is 0.470 bits per heavy atom. The van der Waals surface area contributed by atoms with Crippen LogP contribution in [0.1, 0.15) is 316 Å². The quantitative estimate of drug-likeness (QED) is 0.0261. The average molecular weight is 1150 g/mol. The summed E-state index contributed by atoms with van der Waals surface area (Å²) >= 11 is 0. The van der Waals surface area contributed by atoms with Gasteiger partial charge in [-0.25, -0.2) is 0 Å². The summed E-state index contributed by atoms with van der Waals surface area (Å²) < 4.78 is 16.9. The van der Waals surface area contributed by atoms with Gasteiger partial charge in [0.15, 0.2) is 6.10 Å². The minimum Gasteiger partial charge on any atom is -0.462 e. The van der Waals surface area contributed by atoms with Crippen molar-refractivity contribution in [1.82, 2.24) is 0 Å². The molecule has 0 aromatic heterocycles. The van der Waals surface area contributed by atoms with Crippen molar-refractivity contribution in [1.29, 1.82) is 0 Å². The van der Waals surface area contributed by atoms with E-state index in [-0.39, 0.29) is 31.1 Å². The van der Waals surface area contributed by atoms with Crippen LogP contribution in [0.5, 0.6) is 0 Å². The maximum absolute atomic E-state index is 12.9. The van der Waals surface area contributed by atoms with Gasteiger partial charge < -0.3 is 14.2 Å². The van der Waals surface area contributed by atoms with E-state index in [4.69, 9.17) is 14.2 Å². The highest BCUT2D eigenvalue weighted by Crippen LogP contribution is 2.16. The molecule has 0 saturated heterocycles. The molecule has 0 amide bonds. The third kappa shape index (κ3) is 68.2. The number of allylic oxidation sites excluding steroid dienone is 22. The van der Waals surface area contributed by atoms with Gasteiger partial charge in [0.05, 0.1) is 0 Å². The average Bonchev–Trinajstić information content (AvgIpc) is 3.48. The van der Waals surface area contributed by atoms with Gasteiger partial charge in [0.1, 0.15) is 13.2 Å². The van der Waals surface area contributed by atoms with Crippen LogP contribution in [0.25, 0.3) is 0 Å². The molecule has 0 radical (unpaired) electrons. The van der Waals surface area contributed by atoms with Gasteiger partial charge in [0.25, 0.3) is 0 Å². The van der Waals surface area contributed by atoms with Crippen LogP contribution in [-0.2, 0) is 28.6 Å². The third-order valence-electron chi connectivity index (χ3n) is 14.7. The molecule has 0 aromatic rings. The first-order valence-electron chi connectivity index (χ1n) is 34.7. The molecular formula is C77H128O6. The first-order valence-corrected chi connectivity index (χ1v) is 34.7. The lowest BCUT2D eigenvalue weighted by Gasteiger charge is -2.18. The lowest BCUT2D eigenvalue weighted by molar-refractivity contribution is -0.167. The Morgan fingerprint density at radius 1 is 0.253 bits per heavy atom. The van der Waals surface area contributed by atoms with E-state index < -0.39 is 6.10 Å². The minimum atomic E-state index is -0.790. The molecule has 1 atom stereocenters. The van der Waals surface area contributed by atoms with Crippen LogP contribution in [0, 0.1) is 0 Å². The predicted octanol–water partition coefficient (Wildman–Crippen LogP) is 24.1. The molecule has 0 fully saturated rings. The Hall–Kier alpha value is -4.45. The number of carbonyl (C=O) groups excluding carboxylic acids is 3. The summed E-state index contributed by atoms with van der Waals surface area (Å²) in [5.74, 6) is -0.893. The van der Waals surface area contributed by atoms with E-state index in [0.29, 0.717) is 19.3 Å². The van der Waals surface area contributed by atoms with Crippen molar-refractivity contribution < 1.29 is 28.6 Å². The normalized spacial score (nSPS) is 13.0. The van der Waals surface area contributed by atoms with E-state index in [1.807, 2.05) is 0 Å². The molecule has 472 valence electrons. The topological polar surface area (TPSA) is 78.9 Å². The number of unbranched alkanes of at least 4 members (excludes halogenated alkanes) is 29. The molecule has 0 N–H and O–H groups in total. The van der Waals surface area contributed by atoms with Gasteiger partial charge in [-0.2, -0.15) is 0 Å². The number of carbonyl (C=O) groups is 3. The summed E-state index contributed by atoms with van der Waals surface area (Å²) in [6, 6.07) is 0. The standard InChI is InChI=1S/C77H128O6/c1-4-7-10-13-16-19-22-24-26-28-30-32-34-36-37-38-39-41-42-44-46-48-50-52-55-58-61-64-67-70-76(79)82-73-74(72-81-75(78)69-66-63-60-57-54-21-18-15-12-9-6-3)83-77(80)71-68-65-62-59-56-53-51-49-47-45-43-40-35-33-31-29-27-25-23-20-17-14-11-8-5-2/h7-8,10-11,16-17,19-20,24-27,30-33,36-37,40,43,47,49,74H,4-6,9,12-15,18,21-23,28-29,34-35,38-39,41-42,44-46,48,50-73H2,1-3H3/b10-7-,11-8-,19-16-,20-17-,26-24-,27-25-,32-30-,33-31-,37-36-,43-40-,49-47-. The van der Waals surface area contributed by atoms with Gasteiger partial charge in [0, 0.05) is 19.3 Å². The van der Waals surface area contributed by atoms with Crippen LogP contribution < -0.4 is 0 Å². The van der Waals surface area contributed by atoms with E-state index >= 15 is 0 Å². The molecule has 6 nitrogen and oxygen atoms in total. The largest absolute Gasteiger partial charge is 0.462 e. The number of hydrogen-bond donors (Lipinski definition) is 0. The SMILES string of the molecule is CC/C=C\C/C=C\C/C=C\C/C=C\C/C=C\C/C=C\CCCCCCCCC(=O)OC(COC(=O)CCCCCCCCCCCCC)COC(=O)CCCCCCCCCCCCCCC/C=C\C/C=C\C/C=C\C/C=C\C/C=C\CC. The summed E-state index contributed by atoms with van der Waals surface area (Å²) in [5, 5.41) is 0. The zero-order valence-electron chi connectivity index (χ0n) is 54.2. The van der Waals surface area contributed by atoms with E-state index in [2.05, 4.69) is 154 Å². The Kier molecular flexibility index (Phi) is 66.3. The molecule has 0 aliphatic rings. The molecule has 83 heavy (non-hydrogen) atoms. The molecule has 6 heteroatoms. The highest BCUT2D eigenvalue weighted by atomic mass is 16.6. The first kappa shape index (κ1) is 78.5. The summed E-state index contributed by atoms with van der Waals surface area (Å²) in [6.07, 6.45) is 99.0. The first-order chi connectivity index (χ1) is 41.0. The fourth-order valence-corrected chi connectivity index (χ4v) is 9.53. The van der Waals surface area contributed by atoms with Crippen molar-refractivity contribution in [2.24, 2.45) is 0 Å². The molecule has 0 bridgehead atoms. The zero-order chi connectivity index (χ0) is 59.9. The number of esters is 3. The Bertz CT molecular complexity index is 1750. The van der Waals surface area contributed by atoms with Crippen molar-refractivity contribution in [3.8, 4) is 0 Å². The summed E-state index contributed by atoms with van der Waals surface area (Å²) in [5.41, 5.74) is 0. The predicted molar refractivity (Wildman–Crippen MR) is 362 cm³/mol. The maximum atomic E-state index is 12.9. The summed E-state index contributed by atoms with van der Waals surface area (Å²) in [6.45, 7) is 6.41. The second-order valence-electron chi connectivity index (χ2n) is 22.7.